The molecule has 1 aromatic heterocycles. The quantitative estimate of drug-likeness (QED) is 0.702. The highest BCUT2D eigenvalue weighted by molar-refractivity contribution is 5.96. The van der Waals surface area contributed by atoms with Crippen molar-refractivity contribution in [1.82, 2.24) is 0 Å². The van der Waals surface area contributed by atoms with E-state index in [1.54, 1.807) is 12.1 Å². The molecule has 27 heavy (non-hydrogen) atoms. The summed E-state index contributed by atoms with van der Waals surface area (Å²) in [4.78, 5) is 13.0. The summed E-state index contributed by atoms with van der Waals surface area (Å²) in [5.41, 5.74) is -0.271. The molecule has 0 radical (unpaired) electrons. The van der Waals surface area contributed by atoms with Crippen LogP contribution in [0, 0.1) is 0 Å². The molecule has 0 aliphatic heterocycles. The minimum Gasteiger partial charge on any atom is -0.508 e. The van der Waals surface area contributed by atoms with Gasteiger partial charge in [0.15, 0.2) is 17.1 Å². The third-order valence-electron chi connectivity index (χ3n) is 4.07. The monoisotopic (exact) mass is 374 g/mol. The topological polar surface area (TPSA) is 108 Å². The Labute approximate surface area is 154 Å². The molecule has 0 spiro atoms. The van der Waals surface area contributed by atoms with Crippen LogP contribution < -0.4 is 24.4 Å². The molecule has 0 bridgehead atoms. The molecule has 8 heteroatoms. The minimum absolute atomic E-state index is 0.0144. The highest BCUT2D eigenvalue weighted by Gasteiger charge is 2.29. The van der Waals surface area contributed by atoms with E-state index in [2.05, 4.69) is 0 Å². The fourth-order valence-corrected chi connectivity index (χ4v) is 2.90. The van der Waals surface area contributed by atoms with Crippen LogP contribution in [-0.2, 0) is 0 Å². The van der Waals surface area contributed by atoms with Crippen molar-refractivity contribution in [3.8, 4) is 45.8 Å². The van der Waals surface area contributed by atoms with Crippen LogP contribution in [0.3, 0.4) is 0 Å². The summed E-state index contributed by atoms with van der Waals surface area (Å²) in [6.07, 6.45) is 0. The number of benzene rings is 2. The summed E-state index contributed by atoms with van der Waals surface area (Å²) in [5, 5.41) is 20.2. The van der Waals surface area contributed by atoms with Gasteiger partial charge in [0, 0.05) is 5.56 Å². The maximum atomic E-state index is 13.0. The predicted molar refractivity (Wildman–Crippen MR) is 97.5 cm³/mol. The molecule has 8 nitrogen and oxygen atoms in total. The van der Waals surface area contributed by atoms with Crippen molar-refractivity contribution in [2.75, 3.05) is 28.4 Å². The average Bonchev–Trinajstić information content (AvgIpc) is 2.67. The van der Waals surface area contributed by atoms with Gasteiger partial charge in [-0.2, -0.15) is 0 Å². The first-order valence-corrected chi connectivity index (χ1v) is 7.83. The van der Waals surface area contributed by atoms with Crippen molar-refractivity contribution >= 4 is 11.0 Å². The van der Waals surface area contributed by atoms with Gasteiger partial charge in [-0.05, 0) is 12.1 Å². The maximum Gasteiger partial charge on any atom is 0.239 e. The first-order valence-electron chi connectivity index (χ1n) is 7.83. The van der Waals surface area contributed by atoms with Crippen molar-refractivity contribution < 1.29 is 33.6 Å². The molecule has 0 saturated heterocycles. The predicted octanol–water partition coefficient (Wildman–Crippen LogP) is 2.91. The van der Waals surface area contributed by atoms with Crippen LogP contribution in [-0.4, -0.2) is 38.7 Å². The van der Waals surface area contributed by atoms with E-state index in [1.807, 2.05) is 0 Å². The van der Waals surface area contributed by atoms with Crippen molar-refractivity contribution in [2.45, 2.75) is 0 Å². The number of phenols is 2. The Hall–Kier alpha value is -3.55. The van der Waals surface area contributed by atoms with Crippen molar-refractivity contribution in [3.05, 3.63) is 34.5 Å². The van der Waals surface area contributed by atoms with Gasteiger partial charge < -0.3 is 33.6 Å². The molecule has 2 aromatic carbocycles. The van der Waals surface area contributed by atoms with Gasteiger partial charge in [0.05, 0.1) is 28.4 Å². The number of phenolic OH excluding ortho intramolecular Hbond substituents is 2. The third kappa shape index (κ3) is 2.75. The van der Waals surface area contributed by atoms with Crippen molar-refractivity contribution in [3.63, 3.8) is 0 Å². The van der Waals surface area contributed by atoms with Gasteiger partial charge in [0.2, 0.25) is 28.4 Å². The molecular weight excluding hydrogens is 356 g/mol. The maximum absolute atomic E-state index is 13.0. The Morgan fingerprint density at radius 1 is 0.852 bits per heavy atom. The molecule has 0 saturated carbocycles. The zero-order valence-corrected chi connectivity index (χ0v) is 15.2. The van der Waals surface area contributed by atoms with E-state index in [4.69, 9.17) is 23.4 Å². The lowest BCUT2D eigenvalue weighted by Gasteiger charge is -2.17. The van der Waals surface area contributed by atoms with Gasteiger partial charge in [-0.1, -0.05) is 12.1 Å². The fraction of sp³-hybridized carbons (Fsp3) is 0.211. The standard InChI is InChI=1S/C19H18O8/c1-23-16-12(21)11-13(22)17(24-2)19(26-4)18(25-3)15(11)27-14(16)9-6-5-7-10(20)8-9/h5-8,20,22H,1-4H3. The van der Waals surface area contributed by atoms with Gasteiger partial charge in [-0.15, -0.1) is 0 Å². The Bertz CT molecular complexity index is 1070. The zero-order valence-electron chi connectivity index (χ0n) is 15.2. The van der Waals surface area contributed by atoms with E-state index in [1.165, 1.54) is 40.6 Å². The molecule has 2 N–H and O–H groups in total. The summed E-state index contributed by atoms with van der Waals surface area (Å²) < 4.78 is 26.9. The molecule has 1 heterocycles. The number of hydrogen-bond acceptors (Lipinski definition) is 8. The van der Waals surface area contributed by atoms with Gasteiger partial charge in [-0.3, -0.25) is 4.79 Å². The number of aromatic hydroxyl groups is 2. The molecule has 142 valence electrons. The lowest BCUT2D eigenvalue weighted by molar-refractivity contribution is 0.310. The average molecular weight is 374 g/mol. The fourth-order valence-electron chi connectivity index (χ4n) is 2.90. The van der Waals surface area contributed by atoms with Gasteiger partial charge in [0.25, 0.3) is 0 Å². The smallest absolute Gasteiger partial charge is 0.239 e. The highest BCUT2D eigenvalue weighted by Crippen LogP contribution is 2.50. The van der Waals surface area contributed by atoms with Crippen LogP contribution in [0.15, 0.2) is 33.5 Å². The number of hydrogen-bond donors (Lipinski definition) is 2. The lowest BCUT2D eigenvalue weighted by atomic mass is 10.1. The first kappa shape index (κ1) is 18.2. The number of methoxy groups -OCH3 is 4. The molecule has 3 aromatic rings. The van der Waals surface area contributed by atoms with E-state index in [-0.39, 0.29) is 45.5 Å². The van der Waals surface area contributed by atoms with Crippen molar-refractivity contribution in [1.29, 1.82) is 0 Å². The van der Waals surface area contributed by atoms with Crippen LogP contribution in [0.4, 0.5) is 0 Å². The molecule has 0 unspecified atom stereocenters. The van der Waals surface area contributed by atoms with Crippen LogP contribution in [0.1, 0.15) is 0 Å². The number of fused-ring (bicyclic) bond motifs is 1. The summed E-state index contributed by atoms with van der Waals surface area (Å²) in [6, 6.07) is 6.13. The molecular formula is C19H18O8. The molecule has 3 rings (SSSR count). The molecule has 0 atom stereocenters. The summed E-state index contributed by atoms with van der Waals surface area (Å²) >= 11 is 0. The molecule has 0 aliphatic rings. The van der Waals surface area contributed by atoms with Crippen LogP contribution in [0.2, 0.25) is 0 Å². The summed E-state index contributed by atoms with van der Waals surface area (Å²) in [7, 11) is 5.36. The highest BCUT2D eigenvalue weighted by atomic mass is 16.5. The Morgan fingerprint density at radius 2 is 1.48 bits per heavy atom. The summed E-state index contributed by atoms with van der Waals surface area (Å²) in [5.74, 6) is -0.475. The van der Waals surface area contributed by atoms with Gasteiger partial charge in [-0.25, -0.2) is 0 Å². The molecule has 0 aliphatic carbocycles. The third-order valence-corrected chi connectivity index (χ3v) is 4.07. The second kappa shape index (κ2) is 6.99. The second-order valence-corrected chi connectivity index (χ2v) is 5.50. The molecule has 0 fully saturated rings. The molecule has 0 amide bonds. The second-order valence-electron chi connectivity index (χ2n) is 5.50. The SMILES string of the molecule is COc1c(OC)c(O)c2c(=O)c(OC)c(-c3cccc(O)c3)oc2c1OC. The van der Waals surface area contributed by atoms with Gasteiger partial charge >= 0.3 is 0 Å². The largest absolute Gasteiger partial charge is 0.508 e. The lowest BCUT2D eigenvalue weighted by Crippen LogP contribution is -2.09. The minimum atomic E-state index is -0.631. The summed E-state index contributed by atoms with van der Waals surface area (Å²) in [6.45, 7) is 0. The van der Waals surface area contributed by atoms with Crippen LogP contribution >= 0.6 is 0 Å². The van der Waals surface area contributed by atoms with E-state index in [0.29, 0.717) is 5.56 Å². The van der Waals surface area contributed by atoms with Crippen LogP contribution in [0.5, 0.6) is 34.5 Å². The van der Waals surface area contributed by atoms with Crippen LogP contribution in [0.25, 0.3) is 22.3 Å². The normalized spacial score (nSPS) is 10.7. The number of ether oxygens (including phenoxy) is 4. The Balaban J connectivity index is 2.53. The Kier molecular flexibility index (Phi) is 4.72. The number of rotatable bonds is 5. The van der Waals surface area contributed by atoms with Gasteiger partial charge in [0.1, 0.15) is 11.1 Å². The van der Waals surface area contributed by atoms with E-state index in [0.717, 1.165) is 0 Å². The zero-order chi connectivity index (χ0) is 19.7. The van der Waals surface area contributed by atoms with Crippen molar-refractivity contribution in [2.24, 2.45) is 0 Å². The Morgan fingerprint density at radius 3 is 2.04 bits per heavy atom. The van der Waals surface area contributed by atoms with E-state index >= 15 is 0 Å². The van der Waals surface area contributed by atoms with E-state index in [9.17, 15) is 15.0 Å². The first-order chi connectivity index (χ1) is 13.0. The van der Waals surface area contributed by atoms with E-state index < -0.39 is 11.2 Å².